The molecule has 138 valence electrons. The average Bonchev–Trinajstić information content (AvgIpc) is 2.88. The molecule has 1 fully saturated rings. The van der Waals surface area contributed by atoms with Crippen LogP contribution in [0.5, 0.6) is 5.75 Å². The average molecular weight is 366 g/mol. The van der Waals surface area contributed by atoms with Crippen molar-refractivity contribution in [1.29, 1.82) is 0 Å². The van der Waals surface area contributed by atoms with E-state index in [0.717, 1.165) is 24.2 Å². The summed E-state index contributed by atoms with van der Waals surface area (Å²) in [6.45, 7) is 6.55. The van der Waals surface area contributed by atoms with Gasteiger partial charge in [0.15, 0.2) is 0 Å². The van der Waals surface area contributed by atoms with Crippen LogP contribution in [0.1, 0.15) is 42.6 Å². The molecule has 1 aromatic carbocycles. The fourth-order valence-electron chi connectivity index (χ4n) is 3.50. The van der Waals surface area contributed by atoms with Crippen LogP contribution in [0.15, 0.2) is 18.2 Å². The van der Waals surface area contributed by atoms with Crippen molar-refractivity contribution in [1.82, 2.24) is 9.62 Å². The lowest BCUT2D eigenvalue weighted by Crippen LogP contribution is -2.41. The number of piperidine rings is 1. The van der Waals surface area contributed by atoms with Gasteiger partial charge in [-0.25, -0.2) is 13.1 Å². The van der Waals surface area contributed by atoms with E-state index in [-0.39, 0.29) is 17.2 Å². The molecule has 0 saturated carbocycles. The summed E-state index contributed by atoms with van der Waals surface area (Å²) in [6.07, 6.45) is 2.77. The molecule has 3 rings (SSSR count). The van der Waals surface area contributed by atoms with Gasteiger partial charge < -0.3 is 9.64 Å². The molecule has 1 aromatic rings. The standard InChI is InChI=1S/C18H26N2O4S/c1-18(2)12-24-16-14(5-4-6-15(16)18)17(21)20-9-7-13(8-10-20)11-19-25(3,22)23/h4-6,13,19H,7-12H2,1-3H3. The number of nitrogens with one attached hydrogen (secondary N) is 1. The number of benzene rings is 1. The highest BCUT2D eigenvalue weighted by atomic mass is 32.2. The molecule has 0 bridgehead atoms. The molecule has 0 aliphatic carbocycles. The number of sulfonamides is 1. The van der Waals surface area contributed by atoms with Gasteiger partial charge in [0.2, 0.25) is 10.0 Å². The van der Waals surface area contributed by atoms with Crippen LogP contribution in [0.25, 0.3) is 0 Å². The van der Waals surface area contributed by atoms with Crippen molar-refractivity contribution in [3.63, 3.8) is 0 Å². The highest BCUT2D eigenvalue weighted by Crippen LogP contribution is 2.41. The Bertz CT molecular complexity index is 765. The zero-order valence-electron chi connectivity index (χ0n) is 15.0. The molecule has 1 amide bonds. The number of ether oxygens (including phenoxy) is 1. The third-order valence-corrected chi connectivity index (χ3v) is 5.78. The Hall–Kier alpha value is -1.60. The van der Waals surface area contributed by atoms with E-state index in [9.17, 15) is 13.2 Å². The van der Waals surface area contributed by atoms with Gasteiger partial charge in [-0.1, -0.05) is 26.0 Å². The Morgan fingerprint density at radius 2 is 2.00 bits per heavy atom. The third kappa shape index (κ3) is 3.98. The molecular weight excluding hydrogens is 340 g/mol. The fraction of sp³-hybridized carbons (Fsp3) is 0.611. The van der Waals surface area contributed by atoms with Crippen molar-refractivity contribution in [3.05, 3.63) is 29.3 Å². The van der Waals surface area contributed by atoms with E-state index in [2.05, 4.69) is 18.6 Å². The van der Waals surface area contributed by atoms with Gasteiger partial charge in [0.1, 0.15) is 5.75 Å². The minimum atomic E-state index is -3.16. The molecule has 1 N–H and O–H groups in total. The third-order valence-electron chi connectivity index (χ3n) is 5.09. The molecule has 0 radical (unpaired) electrons. The highest BCUT2D eigenvalue weighted by molar-refractivity contribution is 7.88. The molecular formula is C18H26N2O4S. The number of para-hydroxylation sites is 1. The summed E-state index contributed by atoms with van der Waals surface area (Å²) in [4.78, 5) is 14.8. The van der Waals surface area contributed by atoms with Crippen LogP contribution in [0.3, 0.4) is 0 Å². The molecule has 0 aromatic heterocycles. The van der Waals surface area contributed by atoms with Crippen LogP contribution in [0.2, 0.25) is 0 Å². The molecule has 2 heterocycles. The number of rotatable bonds is 4. The Labute approximate surface area is 149 Å². The predicted octanol–water partition coefficient (Wildman–Crippen LogP) is 1.76. The lowest BCUT2D eigenvalue weighted by atomic mass is 9.86. The van der Waals surface area contributed by atoms with Crippen molar-refractivity contribution >= 4 is 15.9 Å². The molecule has 25 heavy (non-hydrogen) atoms. The van der Waals surface area contributed by atoms with Gasteiger partial charge in [-0.05, 0) is 24.8 Å². The van der Waals surface area contributed by atoms with Crippen molar-refractivity contribution < 1.29 is 17.9 Å². The van der Waals surface area contributed by atoms with Gasteiger partial charge in [-0.15, -0.1) is 0 Å². The Morgan fingerprint density at radius 3 is 2.64 bits per heavy atom. The van der Waals surface area contributed by atoms with E-state index in [0.29, 0.717) is 31.8 Å². The molecule has 0 atom stereocenters. The van der Waals surface area contributed by atoms with Crippen LogP contribution in [0.4, 0.5) is 0 Å². The van der Waals surface area contributed by atoms with Crippen molar-refractivity contribution in [2.45, 2.75) is 32.1 Å². The lowest BCUT2D eigenvalue weighted by Gasteiger charge is -2.32. The SMILES string of the molecule is CC1(C)COc2c(C(=O)N3CCC(CNS(C)(=O)=O)CC3)cccc21. The van der Waals surface area contributed by atoms with Gasteiger partial charge in [0.05, 0.1) is 18.4 Å². The first kappa shape index (κ1) is 18.2. The van der Waals surface area contributed by atoms with Crippen molar-refractivity contribution in [2.75, 3.05) is 32.5 Å². The Kier molecular flexibility index (Phi) is 4.81. The Balaban J connectivity index is 1.66. The van der Waals surface area contributed by atoms with Gasteiger partial charge in [0, 0.05) is 30.6 Å². The first-order valence-electron chi connectivity index (χ1n) is 8.67. The zero-order chi connectivity index (χ0) is 18.2. The maximum atomic E-state index is 12.9. The fourth-order valence-corrected chi connectivity index (χ4v) is 4.04. The highest BCUT2D eigenvalue weighted by Gasteiger charge is 2.35. The minimum absolute atomic E-state index is 0.00377. The quantitative estimate of drug-likeness (QED) is 0.881. The number of carbonyl (C=O) groups is 1. The summed E-state index contributed by atoms with van der Waals surface area (Å²) >= 11 is 0. The topological polar surface area (TPSA) is 75.7 Å². The van der Waals surface area contributed by atoms with E-state index < -0.39 is 10.0 Å². The molecule has 6 nitrogen and oxygen atoms in total. The van der Waals surface area contributed by atoms with Gasteiger partial charge in [0.25, 0.3) is 5.91 Å². The van der Waals surface area contributed by atoms with E-state index in [1.54, 1.807) is 0 Å². The van der Waals surface area contributed by atoms with Gasteiger partial charge in [-0.3, -0.25) is 4.79 Å². The second-order valence-electron chi connectivity index (χ2n) is 7.71. The summed E-state index contributed by atoms with van der Waals surface area (Å²) in [5.74, 6) is 0.998. The molecule has 0 spiro atoms. The summed E-state index contributed by atoms with van der Waals surface area (Å²) in [6, 6.07) is 5.79. The summed E-state index contributed by atoms with van der Waals surface area (Å²) in [5, 5.41) is 0. The smallest absolute Gasteiger partial charge is 0.257 e. The first-order valence-corrected chi connectivity index (χ1v) is 10.6. The molecule has 1 saturated heterocycles. The van der Waals surface area contributed by atoms with Crippen LogP contribution < -0.4 is 9.46 Å². The molecule has 2 aliphatic rings. The number of likely N-dealkylation sites (tertiary alicyclic amines) is 1. The monoisotopic (exact) mass is 366 g/mol. The maximum Gasteiger partial charge on any atom is 0.257 e. The summed E-state index contributed by atoms with van der Waals surface area (Å²) in [7, 11) is -3.16. The normalized spacial score (nSPS) is 20.2. The zero-order valence-corrected chi connectivity index (χ0v) is 15.9. The lowest BCUT2D eigenvalue weighted by molar-refractivity contribution is 0.0688. The molecule has 0 unspecified atom stereocenters. The number of hydrogen-bond acceptors (Lipinski definition) is 4. The van der Waals surface area contributed by atoms with Gasteiger partial charge in [-0.2, -0.15) is 0 Å². The number of amides is 1. The van der Waals surface area contributed by atoms with E-state index in [1.807, 2.05) is 23.1 Å². The van der Waals surface area contributed by atoms with E-state index in [4.69, 9.17) is 4.74 Å². The number of nitrogens with zero attached hydrogens (tertiary/aromatic N) is 1. The van der Waals surface area contributed by atoms with E-state index in [1.165, 1.54) is 6.26 Å². The van der Waals surface area contributed by atoms with Crippen molar-refractivity contribution in [2.24, 2.45) is 5.92 Å². The second kappa shape index (κ2) is 6.61. The van der Waals surface area contributed by atoms with Crippen LogP contribution in [-0.2, 0) is 15.4 Å². The summed E-state index contributed by atoms with van der Waals surface area (Å²) < 4.78 is 30.8. The first-order chi connectivity index (χ1) is 11.7. The van der Waals surface area contributed by atoms with E-state index >= 15 is 0 Å². The van der Waals surface area contributed by atoms with Crippen LogP contribution in [-0.4, -0.2) is 51.7 Å². The number of fused-ring (bicyclic) bond motifs is 1. The molecule has 2 aliphatic heterocycles. The largest absolute Gasteiger partial charge is 0.492 e. The second-order valence-corrected chi connectivity index (χ2v) is 9.54. The Morgan fingerprint density at radius 1 is 1.32 bits per heavy atom. The predicted molar refractivity (Wildman–Crippen MR) is 96.4 cm³/mol. The number of hydrogen-bond donors (Lipinski definition) is 1. The van der Waals surface area contributed by atoms with Crippen LogP contribution >= 0.6 is 0 Å². The van der Waals surface area contributed by atoms with Crippen molar-refractivity contribution in [3.8, 4) is 5.75 Å². The molecule has 7 heteroatoms. The minimum Gasteiger partial charge on any atom is -0.492 e. The number of carbonyl (C=O) groups excluding carboxylic acids is 1. The van der Waals surface area contributed by atoms with Gasteiger partial charge >= 0.3 is 0 Å². The van der Waals surface area contributed by atoms with Crippen LogP contribution in [0, 0.1) is 5.92 Å². The maximum absolute atomic E-state index is 12.9. The summed E-state index contributed by atoms with van der Waals surface area (Å²) in [5.41, 5.74) is 1.65.